The summed E-state index contributed by atoms with van der Waals surface area (Å²) in [5.41, 5.74) is 0. The Balaban J connectivity index is 2.30. The molecule has 1 rings (SSSR count). The van der Waals surface area contributed by atoms with E-state index < -0.39 is 0 Å². The SMILES string of the molecule is C=CC[C@H]1CNC[C@H]1O. The molecule has 0 unspecified atom stereocenters. The number of rotatable bonds is 2. The minimum atomic E-state index is -0.150. The number of hydrogen-bond acceptors (Lipinski definition) is 2. The average Bonchev–Trinajstić information content (AvgIpc) is 2.18. The molecular formula is C7H13NO. The van der Waals surface area contributed by atoms with Gasteiger partial charge >= 0.3 is 0 Å². The second kappa shape index (κ2) is 2.99. The second-order valence-electron chi connectivity index (χ2n) is 2.51. The van der Waals surface area contributed by atoms with Crippen LogP contribution in [0.1, 0.15) is 6.42 Å². The topological polar surface area (TPSA) is 32.3 Å². The predicted molar refractivity (Wildman–Crippen MR) is 37.2 cm³/mol. The molecule has 9 heavy (non-hydrogen) atoms. The van der Waals surface area contributed by atoms with E-state index in [1.807, 2.05) is 6.08 Å². The molecule has 0 spiro atoms. The van der Waals surface area contributed by atoms with Crippen molar-refractivity contribution >= 4 is 0 Å². The number of aliphatic hydroxyl groups is 1. The van der Waals surface area contributed by atoms with Gasteiger partial charge in [0, 0.05) is 19.0 Å². The maximum Gasteiger partial charge on any atom is 0.0707 e. The first kappa shape index (κ1) is 6.78. The van der Waals surface area contributed by atoms with E-state index in [0.717, 1.165) is 19.5 Å². The van der Waals surface area contributed by atoms with Crippen LogP contribution in [0, 0.1) is 5.92 Å². The van der Waals surface area contributed by atoms with E-state index in [1.54, 1.807) is 0 Å². The Morgan fingerprint density at radius 2 is 2.44 bits per heavy atom. The van der Waals surface area contributed by atoms with Gasteiger partial charge in [0.05, 0.1) is 6.10 Å². The number of aliphatic hydroxyl groups excluding tert-OH is 1. The molecule has 0 aromatic rings. The Hall–Kier alpha value is -0.340. The molecule has 0 aromatic carbocycles. The number of β-amino-alcohol motifs (C(OH)–C–C–N with tert-alkyl or cyclic N) is 1. The van der Waals surface area contributed by atoms with Crippen LogP contribution in [0.15, 0.2) is 12.7 Å². The average molecular weight is 127 g/mol. The molecule has 2 nitrogen and oxygen atoms in total. The highest BCUT2D eigenvalue weighted by Gasteiger charge is 2.22. The smallest absolute Gasteiger partial charge is 0.0707 e. The van der Waals surface area contributed by atoms with E-state index in [9.17, 15) is 5.11 Å². The van der Waals surface area contributed by atoms with E-state index in [-0.39, 0.29) is 6.10 Å². The summed E-state index contributed by atoms with van der Waals surface area (Å²) in [5.74, 6) is 0.405. The fourth-order valence-corrected chi connectivity index (χ4v) is 1.17. The molecule has 0 radical (unpaired) electrons. The Morgan fingerprint density at radius 3 is 2.89 bits per heavy atom. The molecule has 1 fully saturated rings. The normalized spacial score (nSPS) is 34.8. The quantitative estimate of drug-likeness (QED) is 0.517. The van der Waals surface area contributed by atoms with Crippen molar-refractivity contribution in [1.29, 1.82) is 0 Å². The molecule has 0 saturated carbocycles. The summed E-state index contributed by atoms with van der Waals surface area (Å²) in [6.07, 6.45) is 2.64. The standard InChI is InChI=1S/C7H13NO/c1-2-3-6-4-8-5-7(6)9/h2,6-9H,1,3-5H2/t6-,7+/m0/s1. The molecule has 0 aliphatic carbocycles. The highest BCUT2D eigenvalue weighted by Crippen LogP contribution is 2.12. The lowest BCUT2D eigenvalue weighted by Crippen LogP contribution is -2.16. The molecule has 0 amide bonds. The lowest BCUT2D eigenvalue weighted by molar-refractivity contribution is 0.149. The van der Waals surface area contributed by atoms with Gasteiger partial charge in [-0.2, -0.15) is 0 Å². The van der Waals surface area contributed by atoms with Crippen LogP contribution in [0.4, 0.5) is 0 Å². The second-order valence-corrected chi connectivity index (χ2v) is 2.51. The number of allylic oxidation sites excluding steroid dienone is 1. The van der Waals surface area contributed by atoms with E-state index >= 15 is 0 Å². The maximum atomic E-state index is 9.21. The number of hydrogen-bond donors (Lipinski definition) is 2. The van der Waals surface area contributed by atoms with Crippen molar-refractivity contribution in [3.63, 3.8) is 0 Å². The Bertz CT molecular complexity index is 103. The Morgan fingerprint density at radius 1 is 1.67 bits per heavy atom. The summed E-state index contributed by atoms with van der Waals surface area (Å²) in [6, 6.07) is 0. The number of nitrogens with one attached hydrogen (secondary N) is 1. The van der Waals surface area contributed by atoms with Gasteiger partial charge in [0.2, 0.25) is 0 Å². The Kier molecular flexibility index (Phi) is 2.25. The van der Waals surface area contributed by atoms with Crippen molar-refractivity contribution in [1.82, 2.24) is 5.32 Å². The van der Waals surface area contributed by atoms with Crippen LogP contribution in [0.3, 0.4) is 0 Å². The van der Waals surface area contributed by atoms with E-state index in [0.29, 0.717) is 5.92 Å². The first-order valence-electron chi connectivity index (χ1n) is 3.34. The van der Waals surface area contributed by atoms with E-state index in [2.05, 4.69) is 11.9 Å². The highest BCUT2D eigenvalue weighted by atomic mass is 16.3. The summed E-state index contributed by atoms with van der Waals surface area (Å²) >= 11 is 0. The van der Waals surface area contributed by atoms with Crippen LogP contribution < -0.4 is 5.32 Å². The lowest BCUT2D eigenvalue weighted by atomic mass is 10.0. The van der Waals surface area contributed by atoms with Crippen molar-refractivity contribution in [3.05, 3.63) is 12.7 Å². The van der Waals surface area contributed by atoms with Crippen LogP contribution in [-0.4, -0.2) is 24.3 Å². The minimum Gasteiger partial charge on any atom is -0.391 e. The van der Waals surface area contributed by atoms with Crippen LogP contribution in [0.5, 0.6) is 0 Å². The van der Waals surface area contributed by atoms with E-state index in [4.69, 9.17) is 0 Å². The minimum absolute atomic E-state index is 0.150. The molecule has 2 N–H and O–H groups in total. The van der Waals surface area contributed by atoms with Gasteiger partial charge in [-0.15, -0.1) is 6.58 Å². The van der Waals surface area contributed by atoms with Crippen LogP contribution >= 0.6 is 0 Å². The molecule has 2 heteroatoms. The first-order chi connectivity index (χ1) is 4.34. The summed E-state index contributed by atoms with van der Waals surface area (Å²) < 4.78 is 0. The molecule has 1 heterocycles. The molecule has 0 aromatic heterocycles. The highest BCUT2D eigenvalue weighted by molar-refractivity contribution is 4.85. The molecule has 1 saturated heterocycles. The first-order valence-corrected chi connectivity index (χ1v) is 3.34. The van der Waals surface area contributed by atoms with Gasteiger partial charge in [0.15, 0.2) is 0 Å². The third-order valence-corrected chi connectivity index (χ3v) is 1.77. The summed E-state index contributed by atoms with van der Waals surface area (Å²) in [4.78, 5) is 0. The van der Waals surface area contributed by atoms with Crippen LogP contribution in [0.2, 0.25) is 0 Å². The van der Waals surface area contributed by atoms with Gasteiger partial charge in [-0.1, -0.05) is 6.08 Å². The summed E-state index contributed by atoms with van der Waals surface area (Å²) in [5, 5.41) is 12.3. The molecule has 1 aliphatic heterocycles. The fraction of sp³-hybridized carbons (Fsp3) is 0.714. The zero-order valence-corrected chi connectivity index (χ0v) is 5.51. The van der Waals surface area contributed by atoms with Crippen LogP contribution in [-0.2, 0) is 0 Å². The van der Waals surface area contributed by atoms with Crippen molar-refractivity contribution in [3.8, 4) is 0 Å². The zero-order valence-electron chi connectivity index (χ0n) is 5.51. The largest absolute Gasteiger partial charge is 0.391 e. The lowest BCUT2D eigenvalue weighted by Gasteiger charge is -2.08. The Labute approximate surface area is 55.6 Å². The van der Waals surface area contributed by atoms with Gasteiger partial charge in [-0.3, -0.25) is 0 Å². The third kappa shape index (κ3) is 1.53. The molecular weight excluding hydrogens is 114 g/mol. The van der Waals surface area contributed by atoms with Gasteiger partial charge in [-0.25, -0.2) is 0 Å². The van der Waals surface area contributed by atoms with Gasteiger partial charge in [0.25, 0.3) is 0 Å². The van der Waals surface area contributed by atoms with Crippen molar-refractivity contribution < 1.29 is 5.11 Å². The fourth-order valence-electron chi connectivity index (χ4n) is 1.17. The summed E-state index contributed by atoms with van der Waals surface area (Å²) in [6.45, 7) is 5.31. The predicted octanol–water partition coefficient (Wildman–Crippen LogP) is 0.143. The van der Waals surface area contributed by atoms with Gasteiger partial charge in [0.1, 0.15) is 0 Å². The van der Waals surface area contributed by atoms with Crippen molar-refractivity contribution in [2.24, 2.45) is 5.92 Å². The van der Waals surface area contributed by atoms with Crippen molar-refractivity contribution in [2.45, 2.75) is 12.5 Å². The summed E-state index contributed by atoms with van der Waals surface area (Å²) in [7, 11) is 0. The molecule has 2 atom stereocenters. The molecule has 0 bridgehead atoms. The zero-order chi connectivity index (χ0) is 6.69. The monoisotopic (exact) mass is 127 g/mol. The van der Waals surface area contributed by atoms with Crippen LogP contribution in [0.25, 0.3) is 0 Å². The van der Waals surface area contributed by atoms with E-state index in [1.165, 1.54) is 0 Å². The van der Waals surface area contributed by atoms with Crippen molar-refractivity contribution in [2.75, 3.05) is 13.1 Å². The van der Waals surface area contributed by atoms with Gasteiger partial charge in [-0.05, 0) is 6.42 Å². The maximum absolute atomic E-state index is 9.21. The molecule has 52 valence electrons. The molecule has 1 aliphatic rings. The third-order valence-electron chi connectivity index (χ3n) is 1.77. The van der Waals surface area contributed by atoms with Gasteiger partial charge < -0.3 is 10.4 Å².